The summed E-state index contributed by atoms with van der Waals surface area (Å²) in [5.74, 6) is 0.945. The molecule has 148 valence electrons. The molecule has 2 aromatic carbocycles. The van der Waals surface area contributed by atoms with Crippen molar-refractivity contribution in [3.63, 3.8) is 0 Å². The van der Waals surface area contributed by atoms with Gasteiger partial charge in [0, 0.05) is 18.7 Å². The van der Waals surface area contributed by atoms with Crippen LogP contribution in [0.25, 0.3) is 0 Å². The van der Waals surface area contributed by atoms with E-state index in [-0.39, 0.29) is 42.0 Å². The van der Waals surface area contributed by atoms with Gasteiger partial charge in [0.1, 0.15) is 11.5 Å². The van der Waals surface area contributed by atoms with Gasteiger partial charge in [0.05, 0.1) is 6.54 Å². The standard InChI is InChI=1S/C19H23F2N3O2.HI/c1-2-22-19(23-11-10-14-6-5-8-16(25)12-14)24-13-15-7-3-4-9-17(15)26-18(20)21;/h3-9,12,18,25H,2,10-11,13H2,1H3,(H2,22,23,24);1H. The number of rotatable bonds is 8. The molecule has 8 heteroatoms. The largest absolute Gasteiger partial charge is 0.508 e. The van der Waals surface area contributed by atoms with Gasteiger partial charge in [0.15, 0.2) is 5.96 Å². The predicted octanol–water partition coefficient (Wildman–Crippen LogP) is 3.91. The SMILES string of the molecule is CCNC(=NCc1ccccc1OC(F)F)NCCc1cccc(O)c1.I. The van der Waals surface area contributed by atoms with Crippen LogP contribution in [-0.2, 0) is 13.0 Å². The lowest BCUT2D eigenvalue weighted by molar-refractivity contribution is -0.0504. The number of phenolic OH excluding ortho intramolecular Hbond substituents is 1. The highest BCUT2D eigenvalue weighted by Gasteiger charge is 2.09. The molecule has 0 bridgehead atoms. The number of alkyl halides is 2. The van der Waals surface area contributed by atoms with Gasteiger partial charge < -0.3 is 20.5 Å². The maximum absolute atomic E-state index is 12.5. The highest BCUT2D eigenvalue weighted by molar-refractivity contribution is 14.0. The average molecular weight is 491 g/mol. The second-order valence-electron chi connectivity index (χ2n) is 5.53. The van der Waals surface area contributed by atoms with Crippen LogP contribution in [0.1, 0.15) is 18.1 Å². The van der Waals surface area contributed by atoms with Gasteiger partial charge in [-0.25, -0.2) is 4.99 Å². The van der Waals surface area contributed by atoms with Crippen molar-refractivity contribution in [1.29, 1.82) is 0 Å². The number of ether oxygens (including phenoxy) is 1. The van der Waals surface area contributed by atoms with Gasteiger partial charge in [-0.15, -0.1) is 24.0 Å². The zero-order chi connectivity index (χ0) is 18.8. The van der Waals surface area contributed by atoms with E-state index in [4.69, 9.17) is 0 Å². The first-order valence-electron chi connectivity index (χ1n) is 8.41. The molecule has 0 aliphatic carbocycles. The molecule has 0 saturated carbocycles. The summed E-state index contributed by atoms with van der Waals surface area (Å²) in [6.45, 7) is 0.580. The number of phenols is 1. The van der Waals surface area contributed by atoms with Gasteiger partial charge in [-0.3, -0.25) is 0 Å². The molecular weight excluding hydrogens is 467 g/mol. The van der Waals surface area contributed by atoms with Crippen LogP contribution in [0.15, 0.2) is 53.5 Å². The molecule has 2 aromatic rings. The number of aromatic hydroxyl groups is 1. The number of benzene rings is 2. The van der Waals surface area contributed by atoms with Gasteiger partial charge in [0.25, 0.3) is 0 Å². The first kappa shape index (κ1) is 22.9. The molecule has 0 radical (unpaired) electrons. The minimum atomic E-state index is -2.87. The van der Waals surface area contributed by atoms with Crippen LogP contribution < -0.4 is 15.4 Å². The Labute approximate surface area is 174 Å². The van der Waals surface area contributed by atoms with Crippen molar-refractivity contribution in [2.24, 2.45) is 4.99 Å². The lowest BCUT2D eigenvalue weighted by atomic mass is 10.1. The maximum Gasteiger partial charge on any atom is 0.387 e. The molecule has 27 heavy (non-hydrogen) atoms. The van der Waals surface area contributed by atoms with Crippen LogP contribution in [0.5, 0.6) is 11.5 Å². The Kier molecular flexibility index (Phi) is 10.5. The van der Waals surface area contributed by atoms with E-state index in [1.54, 1.807) is 36.4 Å². The molecule has 0 aromatic heterocycles. The summed E-state index contributed by atoms with van der Waals surface area (Å²) in [4.78, 5) is 4.42. The van der Waals surface area contributed by atoms with E-state index in [0.29, 0.717) is 31.0 Å². The molecule has 0 amide bonds. The van der Waals surface area contributed by atoms with E-state index in [9.17, 15) is 13.9 Å². The summed E-state index contributed by atoms with van der Waals surface area (Å²) in [5.41, 5.74) is 1.59. The fourth-order valence-corrected chi connectivity index (χ4v) is 2.39. The number of hydrogen-bond donors (Lipinski definition) is 3. The molecule has 0 aliphatic rings. The minimum absolute atomic E-state index is 0. The van der Waals surface area contributed by atoms with E-state index < -0.39 is 6.61 Å². The number of para-hydroxylation sites is 1. The van der Waals surface area contributed by atoms with Crippen molar-refractivity contribution in [3.8, 4) is 11.5 Å². The highest BCUT2D eigenvalue weighted by Crippen LogP contribution is 2.20. The first-order valence-corrected chi connectivity index (χ1v) is 8.41. The number of guanidine groups is 1. The van der Waals surface area contributed by atoms with Crippen LogP contribution in [0, 0.1) is 0 Å². The Morgan fingerprint density at radius 1 is 1.15 bits per heavy atom. The van der Waals surface area contributed by atoms with Crippen LogP contribution in [-0.4, -0.2) is 30.8 Å². The predicted molar refractivity (Wildman–Crippen MR) is 113 cm³/mol. The third-order valence-corrected chi connectivity index (χ3v) is 3.56. The van der Waals surface area contributed by atoms with Crippen LogP contribution >= 0.6 is 24.0 Å². The molecule has 0 fully saturated rings. The number of nitrogens with zero attached hydrogens (tertiary/aromatic N) is 1. The zero-order valence-corrected chi connectivity index (χ0v) is 17.3. The second-order valence-corrected chi connectivity index (χ2v) is 5.53. The summed E-state index contributed by atoms with van der Waals surface area (Å²) in [5, 5.41) is 15.8. The fraction of sp³-hybridized carbons (Fsp3) is 0.316. The lowest BCUT2D eigenvalue weighted by Gasteiger charge is -2.13. The van der Waals surface area contributed by atoms with Crippen LogP contribution in [0.2, 0.25) is 0 Å². The monoisotopic (exact) mass is 491 g/mol. The summed E-state index contributed by atoms with van der Waals surface area (Å²) in [7, 11) is 0. The number of aliphatic imine (C=N–C) groups is 1. The summed E-state index contributed by atoms with van der Waals surface area (Å²) < 4.78 is 29.5. The number of nitrogens with one attached hydrogen (secondary N) is 2. The van der Waals surface area contributed by atoms with E-state index in [1.807, 2.05) is 13.0 Å². The smallest absolute Gasteiger partial charge is 0.387 e. The molecule has 5 nitrogen and oxygen atoms in total. The molecule has 0 atom stereocenters. The Morgan fingerprint density at radius 3 is 2.63 bits per heavy atom. The second kappa shape index (κ2) is 12.3. The van der Waals surface area contributed by atoms with Gasteiger partial charge in [0.2, 0.25) is 0 Å². The Balaban J connectivity index is 0.00000364. The fourth-order valence-electron chi connectivity index (χ4n) is 2.39. The maximum atomic E-state index is 12.5. The molecule has 2 rings (SSSR count). The summed E-state index contributed by atoms with van der Waals surface area (Å²) >= 11 is 0. The minimum Gasteiger partial charge on any atom is -0.508 e. The molecule has 0 heterocycles. The Morgan fingerprint density at radius 2 is 1.93 bits per heavy atom. The number of halogens is 3. The van der Waals surface area contributed by atoms with Crippen molar-refractivity contribution < 1.29 is 18.6 Å². The molecule has 0 spiro atoms. The van der Waals surface area contributed by atoms with Crippen molar-refractivity contribution >= 4 is 29.9 Å². The number of hydrogen-bond acceptors (Lipinski definition) is 3. The van der Waals surface area contributed by atoms with E-state index in [0.717, 1.165) is 5.56 Å². The molecular formula is C19H24F2IN3O2. The lowest BCUT2D eigenvalue weighted by Crippen LogP contribution is -2.38. The van der Waals surface area contributed by atoms with Gasteiger partial charge in [-0.2, -0.15) is 8.78 Å². The molecule has 0 unspecified atom stereocenters. The Hall–Kier alpha value is -2.10. The van der Waals surface area contributed by atoms with Crippen LogP contribution in [0.3, 0.4) is 0 Å². The van der Waals surface area contributed by atoms with Crippen molar-refractivity contribution in [3.05, 3.63) is 59.7 Å². The third-order valence-electron chi connectivity index (χ3n) is 3.56. The molecule has 3 N–H and O–H groups in total. The quantitative estimate of drug-likeness (QED) is 0.298. The van der Waals surface area contributed by atoms with Gasteiger partial charge in [-0.05, 0) is 37.1 Å². The van der Waals surface area contributed by atoms with Gasteiger partial charge >= 0.3 is 6.61 Å². The van der Waals surface area contributed by atoms with E-state index in [2.05, 4.69) is 20.4 Å². The van der Waals surface area contributed by atoms with Crippen molar-refractivity contribution in [1.82, 2.24) is 10.6 Å². The normalized spacial score (nSPS) is 11.0. The zero-order valence-electron chi connectivity index (χ0n) is 15.0. The van der Waals surface area contributed by atoms with E-state index in [1.165, 1.54) is 6.07 Å². The van der Waals surface area contributed by atoms with Crippen molar-refractivity contribution in [2.45, 2.75) is 26.5 Å². The summed E-state index contributed by atoms with van der Waals surface area (Å²) in [6, 6.07) is 13.7. The molecule has 0 saturated heterocycles. The van der Waals surface area contributed by atoms with Gasteiger partial charge in [-0.1, -0.05) is 30.3 Å². The highest BCUT2D eigenvalue weighted by atomic mass is 127. The topological polar surface area (TPSA) is 65.9 Å². The van der Waals surface area contributed by atoms with Crippen molar-refractivity contribution in [2.75, 3.05) is 13.1 Å². The Bertz CT molecular complexity index is 730. The first-order chi connectivity index (χ1) is 12.6. The summed E-state index contributed by atoms with van der Waals surface area (Å²) in [6.07, 6.45) is 0.712. The van der Waals surface area contributed by atoms with E-state index >= 15 is 0 Å². The van der Waals surface area contributed by atoms with Crippen LogP contribution in [0.4, 0.5) is 8.78 Å². The molecule has 0 aliphatic heterocycles. The third kappa shape index (κ3) is 8.42. The average Bonchev–Trinajstić information content (AvgIpc) is 2.60.